The van der Waals surface area contributed by atoms with Gasteiger partial charge in [0.05, 0.1) is 12.1 Å². The molecule has 0 saturated heterocycles. The van der Waals surface area contributed by atoms with Gasteiger partial charge in [0.15, 0.2) is 0 Å². The van der Waals surface area contributed by atoms with Crippen molar-refractivity contribution < 1.29 is 9.90 Å². The molecule has 1 aliphatic carbocycles. The van der Waals surface area contributed by atoms with Gasteiger partial charge in [-0.25, -0.2) is 0 Å². The van der Waals surface area contributed by atoms with Crippen molar-refractivity contribution in [1.29, 1.82) is 0 Å². The maximum atomic E-state index is 12.9. The Balaban J connectivity index is 1.69. The first-order valence-electron chi connectivity index (χ1n) is 8.28. The highest BCUT2D eigenvalue weighted by atomic mass is 16.3. The van der Waals surface area contributed by atoms with Gasteiger partial charge in [-0.1, -0.05) is 18.2 Å². The topological polar surface area (TPSA) is 43.8 Å². The summed E-state index contributed by atoms with van der Waals surface area (Å²) in [6, 6.07) is 8.13. The van der Waals surface area contributed by atoms with Crippen LogP contribution in [0.25, 0.3) is 0 Å². The Kier molecular flexibility index (Phi) is 4.24. The van der Waals surface area contributed by atoms with Crippen molar-refractivity contribution in [3.8, 4) is 0 Å². The number of nitrogens with zero attached hydrogens (tertiary/aromatic N) is 2. The van der Waals surface area contributed by atoms with Gasteiger partial charge in [0.2, 0.25) is 5.91 Å². The number of amides is 1. The van der Waals surface area contributed by atoms with E-state index in [2.05, 4.69) is 13.0 Å². The Hall–Kier alpha value is -1.39. The minimum absolute atomic E-state index is 0.128. The minimum atomic E-state index is -0.302. The van der Waals surface area contributed by atoms with Gasteiger partial charge < -0.3 is 10.0 Å². The Bertz CT molecular complexity index is 556. The SMILES string of the molecule is CC(C(=O)N1c2ccccc2CC1C)N(C)CC(O)C1CC1. The van der Waals surface area contributed by atoms with Crippen LogP contribution in [-0.2, 0) is 11.2 Å². The van der Waals surface area contributed by atoms with Gasteiger partial charge >= 0.3 is 0 Å². The molecule has 1 amide bonds. The van der Waals surface area contributed by atoms with Gasteiger partial charge in [0, 0.05) is 18.3 Å². The molecule has 0 radical (unpaired) electrons. The molecular formula is C18H26N2O2. The summed E-state index contributed by atoms with van der Waals surface area (Å²) < 4.78 is 0. The Morgan fingerprint density at radius 1 is 1.41 bits per heavy atom. The average molecular weight is 302 g/mol. The van der Waals surface area contributed by atoms with Crippen LogP contribution in [0.4, 0.5) is 5.69 Å². The standard InChI is InChI=1S/C18H26N2O2/c1-12-10-15-6-4-5-7-16(15)20(12)18(22)13(2)19(3)11-17(21)14-8-9-14/h4-7,12-14,17,21H,8-11H2,1-3H3. The highest BCUT2D eigenvalue weighted by Crippen LogP contribution is 2.34. The molecule has 1 heterocycles. The number of anilines is 1. The first-order valence-corrected chi connectivity index (χ1v) is 8.28. The number of carbonyl (C=O) groups excluding carboxylic acids is 1. The smallest absolute Gasteiger partial charge is 0.244 e. The zero-order chi connectivity index (χ0) is 15.9. The lowest BCUT2D eigenvalue weighted by Crippen LogP contribution is -2.49. The van der Waals surface area contributed by atoms with Crippen LogP contribution in [0.3, 0.4) is 0 Å². The maximum absolute atomic E-state index is 12.9. The van der Waals surface area contributed by atoms with E-state index < -0.39 is 0 Å². The predicted molar refractivity (Wildman–Crippen MR) is 87.9 cm³/mol. The fourth-order valence-corrected chi connectivity index (χ4v) is 3.37. The van der Waals surface area contributed by atoms with E-state index in [9.17, 15) is 9.90 Å². The van der Waals surface area contributed by atoms with E-state index in [1.54, 1.807) is 0 Å². The van der Waals surface area contributed by atoms with Gasteiger partial charge in [-0.15, -0.1) is 0 Å². The van der Waals surface area contributed by atoms with Crippen molar-refractivity contribution >= 4 is 11.6 Å². The summed E-state index contributed by atoms with van der Waals surface area (Å²) in [6.45, 7) is 4.61. The lowest BCUT2D eigenvalue weighted by molar-refractivity contribution is -0.123. The van der Waals surface area contributed by atoms with Crippen LogP contribution in [0.5, 0.6) is 0 Å². The average Bonchev–Trinajstić information content (AvgIpc) is 3.28. The minimum Gasteiger partial charge on any atom is -0.392 e. The van der Waals surface area contributed by atoms with Gasteiger partial charge in [-0.2, -0.15) is 0 Å². The van der Waals surface area contributed by atoms with Crippen LogP contribution in [0.1, 0.15) is 32.3 Å². The van der Waals surface area contributed by atoms with Gasteiger partial charge in [0.25, 0.3) is 0 Å². The Labute approximate surface area is 132 Å². The van der Waals surface area contributed by atoms with E-state index in [1.165, 1.54) is 5.56 Å². The summed E-state index contributed by atoms with van der Waals surface area (Å²) in [4.78, 5) is 16.8. The van der Waals surface area contributed by atoms with E-state index in [0.717, 1.165) is 24.9 Å². The molecule has 1 saturated carbocycles. The number of rotatable bonds is 5. The molecular weight excluding hydrogens is 276 g/mol. The van der Waals surface area contributed by atoms with E-state index in [0.29, 0.717) is 12.5 Å². The highest BCUT2D eigenvalue weighted by Gasteiger charge is 2.36. The summed E-state index contributed by atoms with van der Waals surface area (Å²) in [5.74, 6) is 0.569. The molecule has 1 aromatic carbocycles. The number of aliphatic hydroxyl groups is 1. The molecule has 0 bridgehead atoms. The van der Waals surface area contributed by atoms with Crippen LogP contribution in [-0.4, -0.2) is 47.7 Å². The lowest BCUT2D eigenvalue weighted by Gasteiger charge is -2.31. The molecule has 2 aliphatic rings. The normalized spacial score (nSPS) is 23.5. The Morgan fingerprint density at radius 2 is 2.09 bits per heavy atom. The number of hydrogen-bond donors (Lipinski definition) is 1. The summed E-state index contributed by atoms with van der Waals surface area (Å²) >= 11 is 0. The molecule has 120 valence electrons. The molecule has 3 unspecified atom stereocenters. The zero-order valence-corrected chi connectivity index (χ0v) is 13.7. The first kappa shape index (κ1) is 15.5. The maximum Gasteiger partial charge on any atom is 0.244 e. The third-order valence-corrected chi connectivity index (χ3v) is 5.10. The molecule has 1 aliphatic heterocycles. The summed E-state index contributed by atoms with van der Waals surface area (Å²) in [6.07, 6.45) is 2.86. The molecule has 1 aromatic rings. The highest BCUT2D eigenvalue weighted by molar-refractivity contribution is 5.99. The zero-order valence-electron chi connectivity index (χ0n) is 13.7. The number of aliphatic hydroxyl groups excluding tert-OH is 1. The van der Waals surface area contributed by atoms with Crippen LogP contribution in [0.15, 0.2) is 24.3 Å². The summed E-state index contributed by atoms with van der Waals surface area (Å²) in [5, 5.41) is 10.1. The van der Waals surface area contributed by atoms with Gasteiger partial charge in [0.1, 0.15) is 0 Å². The molecule has 0 spiro atoms. The molecule has 22 heavy (non-hydrogen) atoms. The van der Waals surface area contributed by atoms with E-state index in [4.69, 9.17) is 0 Å². The second-order valence-corrected chi connectivity index (χ2v) is 6.91. The molecule has 1 fully saturated rings. The summed E-state index contributed by atoms with van der Waals surface area (Å²) in [5.41, 5.74) is 2.29. The van der Waals surface area contributed by atoms with Crippen LogP contribution < -0.4 is 4.90 Å². The third-order valence-electron chi connectivity index (χ3n) is 5.10. The predicted octanol–water partition coefficient (Wildman–Crippen LogP) is 2.06. The van der Waals surface area contributed by atoms with Crippen molar-refractivity contribution in [2.24, 2.45) is 5.92 Å². The largest absolute Gasteiger partial charge is 0.392 e. The number of likely N-dealkylation sites (N-methyl/N-ethyl adjacent to an activating group) is 1. The molecule has 4 nitrogen and oxygen atoms in total. The number of hydrogen-bond acceptors (Lipinski definition) is 3. The van der Waals surface area contributed by atoms with E-state index in [-0.39, 0.29) is 24.1 Å². The van der Waals surface area contributed by atoms with E-state index in [1.807, 2.05) is 42.0 Å². The van der Waals surface area contributed by atoms with Crippen molar-refractivity contribution in [1.82, 2.24) is 4.90 Å². The molecule has 3 atom stereocenters. The number of carbonyl (C=O) groups is 1. The lowest BCUT2D eigenvalue weighted by atomic mass is 10.1. The van der Waals surface area contributed by atoms with Crippen LogP contribution >= 0.6 is 0 Å². The van der Waals surface area contributed by atoms with E-state index >= 15 is 0 Å². The second-order valence-electron chi connectivity index (χ2n) is 6.91. The second kappa shape index (κ2) is 6.01. The molecule has 1 N–H and O–H groups in total. The summed E-state index contributed by atoms with van der Waals surface area (Å²) in [7, 11) is 1.93. The van der Waals surface area contributed by atoms with Gasteiger partial charge in [-0.3, -0.25) is 9.69 Å². The van der Waals surface area contributed by atoms with Crippen LogP contribution in [0, 0.1) is 5.92 Å². The number of para-hydroxylation sites is 1. The third kappa shape index (κ3) is 2.90. The first-order chi connectivity index (χ1) is 10.5. The fraction of sp³-hybridized carbons (Fsp3) is 0.611. The van der Waals surface area contributed by atoms with Crippen molar-refractivity contribution in [2.75, 3.05) is 18.5 Å². The molecule has 4 heteroatoms. The number of benzene rings is 1. The fourth-order valence-electron chi connectivity index (χ4n) is 3.37. The van der Waals surface area contributed by atoms with Gasteiger partial charge in [-0.05, 0) is 57.7 Å². The molecule has 3 rings (SSSR count). The van der Waals surface area contributed by atoms with Crippen LogP contribution in [0.2, 0.25) is 0 Å². The quantitative estimate of drug-likeness (QED) is 0.905. The molecule has 0 aromatic heterocycles. The van der Waals surface area contributed by atoms with Crippen molar-refractivity contribution in [3.05, 3.63) is 29.8 Å². The number of fused-ring (bicyclic) bond motifs is 1. The Morgan fingerprint density at radius 3 is 2.77 bits per heavy atom. The monoisotopic (exact) mass is 302 g/mol. The van der Waals surface area contributed by atoms with Crippen molar-refractivity contribution in [2.45, 2.75) is 51.3 Å². The van der Waals surface area contributed by atoms with Crippen molar-refractivity contribution in [3.63, 3.8) is 0 Å².